The summed E-state index contributed by atoms with van der Waals surface area (Å²) in [5.74, 6) is 0.960. The Hall–Kier alpha value is -2.14. The van der Waals surface area contributed by atoms with E-state index in [0.717, 1.165) is 49.8 Å². The predicted octanol–water partition coefficient (Wildman–Crippen LogP) is 2.88. The van der Waals surface area contributed by atoms with Gasteiger partial charge in [-0.1, -0.05) is 18.2 Å². The number of pyridine rings is 1. The van der Waals surface area contributed by atoms with Crippen molar-refractivity contribution in [1.29, 1.82) is 0 Å². The molecular weight excluding hydrogens is 304 g/mol. The number of rotatable bonds is 5. The monoisotopic (exact) mass is 326 g/mol. The number of fused-ring (bicyclic) bond motifs is 1. The van der Waals surface area contributed by atoms with Gasteiger partial charge in [0.1, 0.15) is 5.69 Å². The van der Waals surface area contributed by atoms with Crippen molar-refractivity contribution < 1.29 is 14.3 Å². The van der Waals surface area contributed by atoms with Crippen LogP contribution in [0.1, 0.15) is 29.8 Å². The second-order valence-electron chi connectivity index (χ2n) is 6.66. The van der Waals surface area contributed by atoms with Crippen LogP contribution in [0.25, 0.3) is 10.8 Å². The van der Waals surface area contributed by atoms with E-state index < -0.39 is 0 Å². The van der Waals surface area contributed by atoms with Crippen LogP contribution >= 0.6 is 0 Å². The molecule has 1 unspecified atom stereocenters. The minimum absolute atomic E-state index is 0.00783. The fraction of sp³-hybridized carbons (Fsp3) is 0.474. The van der Waals surface area contributed by atoms with Crippen molar-refractivity contribution in [2.24, 2.45) is 5.92 Å². The van der Waals surface area contributed by atoms with Crippen molar-refractivity contribution in [3.8, 4) is 5.88 Å². The number of hydrogen-bond donors (Lipinski definition) is 0. The lowest BCUT2D eigenvalue weighted by Crippen LogP contribution is -2.38. The molecule has 0 bridgehead atoms. The minimum atomic E-state index is 0.00783. The topological polar surface area (TPSA) is 51.7 Å². The van der Waals surface area contributed by atoms with Crippen molar-refractivity contribution in [3.63, 3.8) is 0 Å². The van der Waals surface area contributed by atoms with Crippen molar-refractivity contribution >= 4 is 16.7 Å². The molecule has 1 saturated heterocycles. The van der Waals surface area contributed by atoms with E-state index in [1.807, 2.05) is 35.2 Å². The van der Waals surface area contributed by atoms with Crippen molar-refractivity contribution in [3.05, 3.63) is 36.0 Å². The highest BCUT2D eigenvalue weighted by molar-refractivity contribution is 5.98. The molecule has 1 saturated carbocycles. The van der Waals surface area contributed by atoms with E-state index in [0.29, 0.717) is 23.5 Å². The molecule has 2 heterocycles. The summed E-state index contributed by atoms with van der Waals surface area (Å²) in [5, 5.41) is 1.91. The van der Waals surface area contributed by atoms with E-state index in [1.165, 1.54) is 0 Å². The van der Waals surface area contributed by atoms with Crippen LogP contribution in [0.2, 0.25) is 0 Å². The van der Waals surface area contributed by atoms with Crippen LogP contribution in [-0.4, -0.2) is 48.7 Å². The van der Waals surface area contributed by atoms with Crippen LogP contribution in [0.15, 0.2) is 30.3 Å². The summed E-state index contributed by atoms with van der Waals surface area (Å²) in [5.41, 5.74) is 0.469. The summed E-state index contributed by atoms with van der Waals surface area (Å²) in [6, 6.07) is 10.1. The van der Waals surface area contributed by atoms with Gasteiger partial charge in [-0.15, -0.1) is 0 Å². The maximum absolute atomic E-state index is 13.1. The summed E-state index contributed by atoms with van der Waals surface area (Å²) >= 11 is 0. The van der Waals surface area contributed by atoms with Gasteiger partial charge in [0.25, 0.3) is 5.91 Å². The highest BCUT2D eigenvalue weighted by atomic mass is 16.5. The highest BCUT2D eigenvalue weighted by Gasteiger charge is 2.36. The first-order valence-electron chi connectivity index (χ1n) is 8.59. The normalized spacial score (nSPS) is 20.3. The lowest BCUT2D eigenvalue weighted by Gasteiger charge is -2.25. The van der Waals surface area contributed by atoms with E-state index in [2.05, 4.69) is 4.98 Å². The second kappa shape index (κ2) is 6.40. The molecule has 126 valence electrons. The van der Waals surface area contributed by atoms with Crippen LogP contribution in [0.4, 0.5) is 0 Å². The molecule has 24 heavy (non-hydrogen) atoms. The van der Waals surface area contributed by atoms with Crippen LogP contribution in [0.5, 0.6) is 5.88 Å². The number of aromatic nitrogens is 1. The van der Waals surface area contributed by atoms with Crippen LogP contribution in [0, 0.1) is 5.92 Å². The average Bonchev–Trinajstić information content (AvgIpc) is 3.34. The molecule has 0 spiro atoms. The third-order valence-corrected chi connectivity index (χ3v) is 4.85. The Labute approximate surface area is 141 Å². The molecule has 5 heteroatoms. The van der Waals surface area contributed by atoms with Gasteiger partial charge in [-0.2, -0.15) is 0 Å². The molecular formula is C19H22N2O3. The number of hydrogen-bond acceptors (Lipinski definition) is 4. The second-order valence-corrected chi connectivity index (χ2v) is 6.66. The third kappa shape index (κ3) is 2.96. The zero-order valence-electron chi connectivity index (χ0n) is 13.9. The first-order valence-corrected chi connectivity index (χ1v) is 8.59. The molecule has 1 aliphatic heterocycles. The average molecular weight is 326 g/mol. The molecule has 5 nitrogen and oxygen atoms in total. The van der Waals surface area contributed by atoms with E-state index in [1.54, 1.807) is 7.11 Å². The van der Waals surface area contributed by atoms with Crippen molar-refractivity contribution in [2.45, 2.75) is 25.3 Å². The van der Waals surface area contributed by atoms with Gasteiger partial charge in [-0.05, 0) is 36.8 Å². The molecule has 2 fully saturated rings. The third-order valence-electron chi connectivity index (χ3n) is 4.85. The zero-order valence-corrected chi connectivity index (χ0v) is 13.9. The SMILES string of the molecule is COc1nc(C(=O)N(CC2CCOC2)C2CC2)cc2ccccc12. The highest BCUT2D eigenvalue weighted by Crippen LogP contribution is 2.31. The number of ether oxygens (including phenoxy) is 2. The number of benzene rings is 1. The maximum atomic E-state index is 13.1. The smallest absolute Gasteiger partial charge is 0.272 e. The van der Waals surface area contributed by atoms with Gasteiger partial charge in [-0.25, -0.2) is 4.98 Å². The summed E-state index contributed by atoms with van der Waals surface area (Å²) in [6.45, 7) is 2.32. The largest absolute Gasteiger partial charge is 0.481 e. The lowest BCUT2D eigenvalue weighted by molar-refractivity contribution is 0.0699. The molecule has 1 aliphatic carbocycles. The Bertz CT molecular complexity index is 751. The van der Waals surface area contributed by atoms with Gasteiger partial charge in [-0.3, -0.25) is 4.79 Å². The predicted molar refractivity (Wildman–Crippen MR) is 91.3 cm³/mol. The lowest BCUT2D eigenvalue weighted by atomic mass is 10.1. The van der Waals surface area contributed by atoms with Gasteiger partial charge in [0.2, 0.25) is 5.88 Å². The van der Waals surface area contributed by atoms with Crippen molar-refractivity contribution in [1.82, 2.24) is 9.88 Å². The molecule has 2 aromatic rings. The first kappa shape index (κ1) is 15.4. The zero-order chi connectivity index (χ0) is 16.5. The van der Waals surface area contributed by atoms with Crippen LogP contribution in [0.3, 0.4) is 0 Å². The first-order chi connectivity index (χ1) is 11.8. The fourth-order valence-electron chi connectivity index (χ4n) is 3.37. The van der Waals surface area contributed by atoms with Crippen LogP contribution < -0.4 is 4.74 Å². The number of nitrogens with zero attached hydrogens (tertiary/aromatic N) is 2. The molecule has 4 rings (SSSR count). The number of methoxy groups -OCH3 is 1. The van der Waals surface area contributed by atoms with Gasteiger partial charge >= 0.3 is 0 Å². The Morgan fingerprint density at radius 1 is 1.33 bits per heavy atom. The van der Waals surface area contributed by atoms with E-state index in [9.17, 15) is 4.79 Å². The minimum Gasteiger partial charge on any atom is -0.481 e. The fourth-order valence-corrected chi connectivity index (χ4v) is 3.37. The number of carbonyl (C=O) groups is 1. The summed E-state index contributed by atoms with van der Waals surface area (Å²) in [4.78, 5) is 19.6. The summed E-state index contributed by atoms with van der Waals surface area (Å²) < 4.78 is 10.9. The standard InChI is InChI=1S/C19H22N2O3/c1-23-18-16-5-3-2-4-14(16)10-17(20-18)19(22)21(15-6-7-15)11-13-8-9-24-12-13/h2-5,10,13,15H,6-9,11-12H2,1H3. The maximum Gasteiger partial charge on any atom is 0.272 e. The van der Waals surface area contributed by atoms with Crippen molar-refractivity contribution in [2.75, 3.05) is 26.9 Å². The van der Waals surface area contributed by atoms with E-state index in [4.69, 9.17) is 9.47 Å². The van der Waals surface area contributed by atoms with Gasteiger partial charge in [0.05, 0.1) is 13.7 Å². The number of carbonyl (C=O) groups excluding carboxylic acids is 1. The van der Waals surface area contributed by atoms with Gasteiger partial charge in [0, 0.05) is 30.5 Å². The van der Waals surface area contributed by atoms with E-state index in [-0.39, 0.29) is 5.91 Å². The Morgan fingerprint density at radius 3 is 2.88 bits per heavy atom. The Balaban J connectivity index is 1.65. The van der Waals surface area contributed by atoms with Gasteiger partial charge < -0.3 is 14.4 Å². The van der Waals surface area contributed by atoms with E-state index >= 15 is 0 Å². The molecule has 1 atom stereocenters. The number of amides is 1. The Morgan fingerprint density at radius 2 is 2.17 bits per heavy atom. The molecule has 1 aromatic carbocycles. The quantitative estimate of drug-likeness (QED) is 0.848. The van der Waals surface area contributed by atoms with Crippen LogP contribution in [-0.2, 0) is 4.74 Å². The Kier molecular flexibility index (Phi) is 4.10. The molecule has 2 aliphatic rings. The molecule has 1 aromatic heterocycles. The summed E-state index contributed by atoms with van der Waals surface area (Å²) in [6.07, 6.45) is 3.21. The van der Waals surface area contributed by atoms with Gasteiger partial charge in [0.15, 0.2) is 0 Å². The molecule has 0 radical (unpaired) electrons. The molecule has 0 N–H and O–H groups in total. The summed E-state index contributed by atoms with van der Waals surface area (Å²) in [7, 11) is 1.59. The molecule has 1 amide bonds.